The van der Waals surface area contributed by atoms with Crippen LogP contribution in [0.15, 0.2) is 10.5 Å². The second-order valence-corrected chi connectivity index (χ2v) is 5.05. The molecule has 1 fully saturated rings. The monoisotopic (exact) mass is 327 g/mol. The van der Waals surface area contributed by atoms with Crippen molar-refractivity contribution >= 4 is 28.1 Å². The van der Waals surface area contributed by atoms with Gasteiger partial charge in [-0.05, 0) is 7.05 Å². The molecule has 1 saturated heterocycles. The first-order valence-corrected chi connectivity index (χ1v) is 7.20. The summed E-state index contributed by atoms with van der Waals surface area (Å²) in [6.45, 7) is 3.70. The first-order chi connectivity index (χ1) is 10.5. The third-order valence-corrected chi connectivity index (χ3v) is 3.16. The topological polar surface area (TPSA) is 134 Å². The van der Waals surface area contributed by atoms with Gasteiger partial charge >= 0.3 is 5.97 Å². The second kappa shape index (κ2) is 9.67. The van der Waals surface area contributed by atoms with Crippen molar-refractivity contribution in [3.63, 3.8) is 0 Å². The second-order valence-electron chi connectivity index (χ2n) is 4.16. The molecule has 0 radical (unpaired) electrons. The summed E-state index contributed by atoms with van der Waals surface area (Å²) in [5, 5.41) is 21.9. The van der Waals surface area contributed by atoms with Gasteiger partial charge < -0.3 is 25.3 Å². The summed E-state index contributed by atoms with van der Waals surface area (Å²) in [6, 6.07) is 1.65. The van der Waals surface area contributed by atoms with E-state index in [4.69, 9.17) is 20.8 Å². The number of oxime groups is 1. The summed E-state index contributed by atoms with van der Waals surface area (Å²) in [6.07, 6.45) is 0. The number of nitrogens with two attached hydrogens (primary N) is 1. The molecule has 0 unspecified atom stereocenters. The number of carbonyl (C=O) groups is 1. The summed E-state index contributed by atoms with van der Waals surface area (Å²) < 4.78 is 5.10. The number of rotatable bonds is 4. The molecule has 0 atom stereocenters. The largest absolute Gasteiger partial charge is 0.476 e. The number of hydrogen-bond donors (Lipinski definition) is 2. The predicted molar refractivity (Wildman–Crippen MR) is 80.6 cm³/mol. The molecule has 1 aliphatic rings. The number of anilines is 1. The van der Waals surface area contributed by atoms with E-state index >= 15 is 0 Å². The molecule has 0 aliphatic carbocycles. The van der Waals surface area contributed by atoms with Crippen molar-refractivity contribution < 1.29 is 19.5 Å². The van der Waals surface area contributed by atoms with Gasteiger partial charge in [0, 0.05) is 18.5 Å². The minimum atomic E-state index is -1.29. The van der Waals surface area contributed by atoms with Gasteiger partial charge in [-0.25, -0.2) is 9.78 Å². The predicted octanol–water partition coefficient (Wildman–Crippen LogP) is 0.00258. The number of hydrogen-bond acceptors (Lipinski definition) is 9. The van der Waals surface area contributed by atoms with Gasteiger partial charge in [0.1, 0.15) is 11.8 Å². The zero-order chi connectivity index (χ0) is 16.4. The normalized spacial score (nSPS) is 15.4. The first-order valence-electron chi connectivity index (χ1n) is 6.32. The Labute approximate surface area is 131 Å². The van der Waals surface area contributed by atoms with Gasteiger partial charge in [-0.1, -0.05) is 5.16 Å². The number of aromatic nitrogens is 1. The summed E-state index contributed by atoms with van der Waals surface area (Å²) in [5.41, 5.74) is 5.07. The maximum absolute atomic E-state index is 10.7. The molecule has 3 N–H and O–H groups in total. The highest BCUT2D eigenvalue weighted by Gasteiger charge is 2.16. The summed E-state index contributed by atoms with van der Waals surface area (Å²) in [4.78, 5) is 21.2. The minimum absolute atomic E-state index is 0.114. The molecule has 0 spiro atoms. The standard InChI is InChI=1S/C7H6N4O3S.C5H11NO/c8-1-2-14-11-5(6(12)13)4-3-15-7(9)10-4;1-6-2-4-7-5-3-6/h3H,2H2,(H2,9,10)(H,12,13);2-5H2,1H3/b11-5-;. The third-order valence-electron chi connectivity index (χ3n) is 2.49. The Balaban J connectivity index is 0.000000287. The van der Waals surface area contributed by atoms with Crippen molar-refractivity contribution in [2.24, 2.45) is 5.16 Å². The fourth-order valence-electron chi connectivity index (χ4n) is 1.37. The first kappa shape index (κ1) is 17.8. The summed E-state index contributed by atoms with van der Waals surface area (Å²) in [5.74, 6) is -1.29. The van der Waals surface area contributed by atoms with Gasteiger partial charge in [-0.15, -0.1) is 11.3 Å². The molecule has 10 heteroatoms. The smallest absolute Gasteiger partial charge is 0.360 e. The molecule has 0 aromatic carbocycles. The average molecular weight is 327 g/mol. The SMILES string of the molecule is CN1CCOCC1.N#CCO/N=C(\C(=O)O)c1csc(N)n1. The lowest BCUT2D eigenvalue weighted by atomic mass is 10.3. The van der Waals surface area contributed by atoms with E-state index in [9.17, 15) is 4.79 Å². The zero-order valence-electron chi connectivity index (χ0n) is 12.1. The quantitative estimate of drug-likeness (QED) is 0.448. The molecular weight excluding hydrogens is 310 g/mol. The number of morpholine rings is 1. The molecule has 0 amide bonds. The molecule has 1 aromatic heterocycles. The lowest BCUT2D eigenvalue weighted by Gasteiger charge is -2.21. The minimum Gasteiger partial charge on any atom is -0.476 e. The Hall–Kier alpha value is -2.22. The van der Waals surface area contributed by atoms with Crippen LogP contribution >= 0.6 is 11.3 Å². The number of nitriles is 1. The Bertz CT molecular complexity index is 548. The van der Waals surface area contributed by atoms with Gasteiger partial charge in [-0.2, -0.15) is 5.26 Å². The van der Waals surface area contributed by atoms with E-state index in [0.717, 1.165) is 37.6 Å². The number of likely N-dealkylation sites (N-methyl/N-ethyl adjacent to an activating group) is 1. The summed E-state index contributed by atoms with van der Waals surface area (Å²) >= 11 is 1.09. The molecule has 1 aliphatic heterocycles. The number of carboxylic acid groups (broad SMARTS) is 1. The molecule has 2 heterocycles. The third kappa shape index (κ3) is 6.49. The number of carboxylic acids is 1. The Morgan fingerprint density at radius 1 is 1.68 bits per heavy atom. The van der Waals surface area contributed by atoms with Gasteiger partial charge in [0.2, 0.25) is 12.3 Å². The van der Waals surface area contributed by atoms with Crippen LogP contribution in [0.3, 0.4) is 0 Å². The molecule has 1 aromatic rings. The number of nitrogen functional groups attached to an aromatic ring is 1. The Morgan fingerprint density at radius 2 is 2.36 bits per heavy atom. The number of nitrogens with zero attached hydrogens (tertiary/aromatic N) is 4. The van der Waals surface area contributed by atoms with Crippen LogP contribution < -0.4 is 5.73 Å². The molecule has 2 rings (SSSR count). The zero-order valence-corrected chi connectivity index (χ0v) is 12.9. The van der Waals surface area contributed by atoms with Gasteiger partial charge in [0.05, 0.1) is 13.2 Å². The highest BCUT2D eigenvalue weighted by Crippen LogP contribution is 2.12. The van der Waals surface area contributed by atoms with Crippen molar-refractivity contribution in [2.75, 3.05) is 45.7 Å². The molecule has 120 valence electrons. The summed E-state index contributed by atoms with van der Waals surface area (Å²) in [7, 11) is 2.11. The van der Waals surface area contributed by atoms with Crippen LogP contribution in [0.4, 0.5) is 5.13 Å². The Morgan fingerprint density at radius 3 is 2.77 bits per heavy atom. The molecule has 0 bridgehead atoms. The molecular formula is C12H17N5O4S. The number of aliphatic carboxylic acids is 1. The van der Waals surface area contributed by atoms with Crippen LogP contribution in [-0.4, -0.2) is 66.6 Å². The van der Waals surface area contributed by atoms with Crippen molar-refractivity contribution in [3.05, 3.63) is 11.1 Å². The van der Waals surface area contributed by atoms with E-state index < -0.39 is 5.97 Å². The fraction of sp³-hybridized carbons (Fsp3) is 0.500. The maximum atomic E-state index is 10.7. The van der Waals surface area contributed by atoms with Crippen molar-refractivity contribution in [1.29, 1.82) is 5.26 Å². The van der Waals surface area contributed by atoms with Crippen molar-refractivity contribution in [1.82, 2.24) is 9.88 Å². The van der Waals surface area contributed by atoms with Gasteiger partial charge in [0.25, 0.3) is 0 Å². The van der Waals surface area contributed by atoms with Crippen LogP contribution in [-0.2, 0) is 14.4 Å². The van der Waals surface area contributed by atoms with E-state index in [1.807, 2.05) is 0 Å². The van der Waals surface area contributed by atoms with E-state index in [-0.39, 0.29) is 23.1 Å². The van der Waals surface area contributed by atoms with Crippen molar-refractivity contribution in [2.45, 2.75) is 0 Å². The number of ether oxygens (including phenoxy) is 1. The van der Waals surface area contributed by atoms with Gasteiger partial charge in [-0.3, -0.25) is 0 Å². The van der Waals surface area contributed by atoms with Crippen molar-refractivity contribution in [3.8, 4) is 6.07 Å². The van der Waals surface area contributed by atoms with Crippen LogP contribution in [0.25, 0.3) is 0 Å². The van der Waals surface area contributed by atoms with E-state index in [1.54, 1.807) is 6.07 Å². The lowest BCUT2D eigenvalue weighted by Crippen LogP contribution is -2.32. The van der Waals surface area contributed by atoms with E-state index in [0.29, 0.717) is 0 Å². The Kier molecular flexibility index (Phi) is 7.84. The van der Waals surface area contributed by atoms with Crippen LogP contribution in [0.5, 0.6) is 0 Å². The molecule has 0 saturated carbocycles. The number of thiazole rings is 1. The highest BCUT2D eigenvalue weighted by atomic mass is 32.1. The molecule has 22 heavy (non-hydrogen) atoms. The van der Waals surface area contributed by atoms with Crippen LogP contribution in [0.1, 0.15) is 5.69 Å². The fourth-order valence-corrected chi connectivity index (χ4v) is 1.92. The molecule has 9 nitrogen and oxygen atoms in total. The van der Waals surface area contributed by atoms with Gasteiger partial charge in [0.15, 0.2) is 5.13 Å². The average Bonchev–Trinajstić information content (AvgIpc) is 2.91. The highest BCUT2D eigenvalue weighted by molar-refractivity contribution is 7.13. The lowest BCUT2D eigenvalue weighted by molar-refractivity contribution is -0.129. The van der Waals surface area contributed by atoms with Crippen LogP contribution in [0.2, 0.25) is 0 Å². The van der Waals surface area contributed by atoms with Crippen LogP contribution in [0, 0.1) is 11.3 Å². The van der Waals surface area contributed by atoms with E-state index in [2.05, 4.69) is 26.9 Å². The van der Waals surface area contributed by atoms with E-state index in [1.165, 1.54) is 5.38 Å². The maximum Gasteiger partial charge on any atom is 0.360 e.